The third kappa shape index (κ3) is 7.00. The average Bonchev–Trinajstić information content (AvgIpc) is 2.72. The molecule has 0 spiro atoms. The second-order valence-electron chi connectivity index (χ2n) is 10.1. The van der Waals surface area contributed by atoms with Gasteiger partial charge in [0.2, 0.25) is 0 Å². The Bertz CT molecular complexity index is 1020. The number of allylic oxidation sites excluding steroid dienone is 3. The van der Waals surface area contributed by atoms with Gasteiger partial charge in [0.25, 0.3) is 0 Å². The zero-order chi connectivity index (χ0) is 24.8. The first-order valence-electron chi connectivity index (χ1n) is 11.7. The third-order valence-corrected chi connectivity index (χ3v) is 8.83. The minimum Gasteiger partial charge on any atom is -0.377 e. The van der Waals surface area contributed by atoms with Crippen molar-refractivity contribution in [3.63, 3.8) is 0 Å². The van der Waals surface area contributed by atoms with Crippen LogP contribution in [0.25, 0.3) is 0 Å². The maximum absolute atomic E-state index is 14.0. The maximum Gasteiger partial charge on any atom is 0.185 e. The first kappa shape index (κ1) is 27.3. The number of ether oxygens (including phenoxy) is 1. The first-order chi connectivity index (χ1) is 15.4. The van der Waals surface area contributed by atoms with Gasteiger partial charge in [-0.05, 0) is 89.0 Å². The molecular weight excluding hydrogens is 432 g/mol. The second-order valence-corrected chi connectivity index (χ2v) is 12.3. The van der Waals surface area contributed by atoms with Gasteiger partial charge < -0.3 is 4.74 Å². The number of sulfone groups is 1. The number of carbonyl (C=O) groups is 1. The van der Waals surface area contributed by atoms with Gasteiger partial charge >= 0.3 is 0 Å². The van der Waals surface area contributed by atoms with Gasteiger partial charge in [-0.3, -0.25) is 4.79 Å². The van der Waals surface area contributed by atoms with Crippen molar-refractivity contribution in [2.75, 3.05) is 7.11 Å². The van der Waals surface area contributed by atoms with E-state index in [2.05, 4.69) is 20.8 Å². The molecule has 1 aromatic rings. The number of aryl methyl sites for hydroxylation is 1. The van der Waals surface area contributed by atoms with Crippen molar-refractivity contribution in [3.05, 3.63) is 64.3 Å². The average molecular weight is 473 g/mol. The fourth-order valence-electron chi connectivity index (χ4n) is 5.00. The lowest BCUT2D eigenvalue weighted by Crippen LogP contribution is -2.35. The molecule has 5 heteroatoms. The van der Waals surface area contributed by atoms with Crippen LogP contribution in [0.5, 0.6) is 0 Å². The number of hydrogen-bond donors (Lipinski definition) is 0. The third-order valence-electron chi connectivity index (χ3n) is 6.74. The van der Waals surface area contributed by atoms with E-state index in [4.69, 9.17) is 4.74 Å². The van der Waals surface area contributed by atoms with Crippen LogP contribution < -0.4 is 0 Å². The summed E-state index contributed by atoms with van der Waals surface area (Å²) in [5, 5.41) is -0.615. The highest BCUT2D eigenvalue weighted by Gasteiger charge is 2.40. The largest absolute Gasteiger partial charge is 0.377 e. The number of carbonyl (C=O) groups excluding carboxylic acids is 1. The lowest BCUT2D eigenvalue weighted by atomic mass is 9.70. The Kier molecular flexibility index (Phi) is 9.45. The second kappa shape index (κ2) is 11.4. The van der Waals surface area contributed by atoms with Gasteiger partial charge in [0.05, 0.1) is 16.2 Å². The van der Waals surface area contributed by atoms with Crippen LogP contribution in [0.4, 0.5) is 0 Å². The molecule has 0 radical (unpaired) electrons. The van der Waals surface area contributed by atoms with Crippen molar-refractivity contribution in [2.24, 2.45) is 5.41 Å². The number of methoxy groups -OCH3 is 1. The zero-order valence-corrected chi connectivity index (χ0v) is 22.1. The van der Waals surface area contributed by atoms with E-state index >= 15 is 0 Å². The monoisotopic (exact) mass is 472 g/mol. The summed E-state index contributed by atoms with van der Waals surface area (Å²) in [5.41, 5.74) is 5.03. The molecule has 2 unspecified atom stereocenters. The van der Waals surface area contributed by atoms with Gasteiger partial charge in [0.15, 0.2) is 9.84 Å². The molecule has 1 aromatic carbocycles. The van der Waals surface area contributed by atoms with E-state index in [1.54, 1.807) is 25.3 Å². The Morgan fingerprint density at radius 3 is 2.27 bits per heavy atom. The smallest absolute Gasteiger partial charge is 0.185 e. The summed E-state index contributed by atoms with van der Waals surface area (Å²) in [6.45, 7) is 12.3. The van der Waals surface area contributed by atoms with Crippen LogP contribution in [-0.4, -0.2) is 33.2 Å². The molecule has 2 rings (SSSR count). The lowest BCUT2D eigenvalue weighted by molar-refractivity contribution is -0.104. The number of rotatable bonds is 10. The van der Waals surface area contributed by atoms with Crippen molar-refractivity contribution in [2.45, 2.75) is 89.9 Å². The highest BCUT2D eigenvalue weighted by molar-refractivity contribution is 7.92. The van der Waals surface area contributed by atoms with Gasteiger partial charge in [-0.25, -0.2) is 8.42 Å². The van der Waals surface area contributed by atoms with Crippen LogP contribution in [0.2, 0.25) is 0 Å². The quantitative estimate of drug-likeness (QED) is 0.220. The van der Waals surface area contributed by atoms with E-state index in [1.165, 1.54) is 5.57 Å². The van der Waals surface area contributed by atoms with Crippen molar-refractivity contribution in [1.82, 2.24) is 0 Å². The molecule has 0 fully saturated rings. The number of aldehydes is 1. The maximum atomic E-state index is 14.0. The van der Waals surface area contributed by atoms with E-state index < -0.39 is 15.1 Å². The van der Waals surface area contributed by atoms with Crippen LogP contribution in [0, 0.1) is 12.3 Å². The molecule has 1 aliphatic rings. The summed E-state index contributed by atoms with van der Waals surface area (Å²) < 4.78 is 33.6. The fraction of sp³-hybridized carbons (Fsp3) is 0.536. The predicted molar refractivity (Wildman–Crippen MR) is 136 cm³/mol. The Morgan fingerprint density at radius 1 is 1.09 bits per heavy atom. The molecule has 0 saturated carbocycles. The van der Waals surface area contributed by atoms with Crippen molar-refractivity contribution in [1.29, 1.82) is 0 Å². The van der Waals surface area contributed by atoms with E-state index in [1.807, 2.05) is 39.0 Å². The van der Waals surface area contributed by atoms with Gasteiger partial charge in [-0.15, -0.1) is 0 Å². The molecule has 0 saturated heterocycles. The highest BCUT2D eigenvalue weighted by atomic mass is 32.2. The van der Waals surface area contributed by atoms with Crippen LogP contribution >= 0.6 is 0 Å². The topological polar surface area (TPSA) is 60.4 Å². The van der Waals surface area contributed by atoms with Gasteiger partial charge in [0, 0.05) is 7.11 Å². The number of hydrogen-bond acceptors (Lipinski definition) is 4. The zero-order valence-electron chi connectivity index (χ0n) is 21.3. The Labute approximate surface area is 200 Å². The summed E-state index contributed by atoms with van der Waals surface area (Å²) >= 11 is 0. The van der Waals surface area contributed by atoms with Crippen molar-refractivity contribution >= 4 is 16.1 Å². The molecule has 0 aliphatic heterocycles. The Balaban J connectivity index is 2.52. The summed E-state index contributed by atoms with van der Waals surface area (Å²) in [4.78, 5) is 11.2. The molecule has 0 heterocycles. The van der Waals surface area contributed by atoms with E-state index in [9.17, 15) is 13.2 Å². The molecule has 1 aliphatic carbocycles. The lowest BCUT2D eigenvalue weighted by Gasteiger charge is -2.39. The Hall–Kier alpha value is -1.98. The first-order valence-corrected chi connectivity index (χ1v) is 13.3. The predicted octanol–water partition coefficient (Wildman–Crippen LogP) is 6.55. The minimum absolute atomic E-state index is 0.172. The summed E-state index contributed by atoms with van der Waals surface area (Å²) in [6.07, 6.45) is 8.14. The minimum atomic E-state index is -3.59. The molecule has 0 bridgehead atoms. The summed E-state index contributed by atoms with van der Waals surface area (Å²) in [7, 11) is -1.95. The molecule has 33 heavy (non-hydrogen) atoms. The van der Waals surface area contributed by atoms with Crippen LogP contribution in [-0.2, 0) is 19.4 Å². The molecule has 0 N–H and O–H groups in total. The van der Waals surface area contributed by atoms with E-state index in [-0.39, 0.29) is 11.5 Å². The SMILES string of the molecule is COC(/C=C(\C)CC(C1=C(C)CCCC1(C)C)S(=O)(=O)c1ccc(C)cc1)C/C(C)=C\C=O. The van der Waals surface area contributed by atoms with Crippen LogP contribution in [0.15, 0.2) is 63.6 Å². The summed E-state index contributed by atoms with van der Waals surface area (Å²) in [5.74, 6) is 0. The van der Waals surface area contributed by atoms with E-state index in [0.29, 0.717) is 17.7 Å². The van der Waals surface area contributed by atoms with E-state index in [0.717, 1.165) is 47.8 Å². The molecule has 0 amide bonds. The molecule has 4 nitrogen and oxygen atoms in total. The van der Waals surface area contributed by atoms with Gasteiger partial charge in [-0.1, -0.05) is 54.3 Å². The number of benzene rings is 1. The highest BCUT2D eigenvalue weighted by Crippen LogP contribution is 2.46. The summed E-state index contributed by atoms with van der Waals surface area (Å²) in [6, 6.07) is 7.19. The van der Waals surface area contributed by atoms with Gasteiger partial charge in [0.1, 0.15) is 6.29 Å². The Morgan fingerprint density at radius 2 is 1.73 bits per heavy atom. The van der Waals surface area contributed by atoms with Crippen molar-refractivity contribution in [3.8, 4) is 0 Å². The van der Waals surface area contributed by atoms with Gasteiger partial charge in [-0.2, -0.15) is 0 Å². The molecular formula is C28H40O4S. The molecule has 182 valence electrons. The fourth-order valence-corrected chi connectivity index (χ4v) is 7.16. The van der Waals surface area contributed by atoms with Crippen molar-refractivity contribution < 1.29 is 17.9 Å². The molecule has 2 atom stereocenters. The van der Waals surface area contributed by atoms with Crippen LogP contribution in [0.1, 0.15) is 72.3 Å². The standard InChI is InChI=1S/C28H40O4S/c1-20-10-12-25(13-11-20)33(30,31)26(27-23(4)9-8-15-28(27,5)6)19-22(3)18-24(32-7)17-21(2)14-16-29/h10-14,16,18,24,26H,8-9,15,17,19H2,1-7H3/b21-14-,22-18+. The molecule has 0 aromatic heterocycles. The van der Waals surface area contributed by atoms with Crippen LogP contribution in [0.3, 0.4) is 0 Å². The normalized spacial score (nSPS) is 19.4.